The number of hydrogen-bond donors (Lipinski definition) is 2. The van der Waals surface area contributed by atoms with Gasteiger partial charge in [0, 0.05) is 5.56 Å². The summed E-state index contributed by atoms with van der Waals surface area (Å²) >= 11 is 1.75. The van der Waals surface area contributed by atoms with Crippen molar-refractivity contribution in [2.45, 2.75) is 19.4 Å². The molecule has 3 aliphatic rings. The minimum atomic E-state index is -0.0904. The molecular formula is C18H25N3O2S+2. The molecule has 1 aliphatic carbocycles. The minimum Gasteiger partial charge on any atom is -0.322 e. The number of hydrogen-bond acceptors (Lipinski definition) is 3. The molecule has 1 aromatic heterocycles. The lowest BCUT2D eigenvalue weighted by Crippen LogP contribution is -3.28. The lowest BCUT2D eigenvalue weighted by atomic mass is 9.85. The van der Waals surface area contributed by atoms with Gasteiger partial charge in [0.05, 0.1) is 11.8 Å². The maximum Gasteiger partial charge on any atom is 0.237 e. The van der Waals surface area contributed by atoms with Crippen LogP contribution in [0.25, 0.3) is 0 Å². The fourth-order valence-corrected chi connectivity index (χ4v) is 4.89. The van der Waals surface area contributed by atoms with Crippen LogP contribution in [0.3, 0.4) is 0 Å². The molecule has 0 spiro atoms. The van der Waals surface area contributed by atoms with E-state index in [0.717, 1.165) is 45.6 Å². The molecule has 128 valence electrons. The third kappa shape index (κ3) is 3.06. The fourth-order valence-electron chi connectivity index (χ4n) is 4.22. The van der Waals surface area contributed by atoms with Gasteiger partial charge in [0.25, 0.3) is 0 Å². The largest absolute Gasteiger partial charge is 0.322 e. The Morgan fingerprint density at radius 2 is 1.62 bits per heavy atom. The Morgan fingerprint density at radius 1 is 1.00 bits per heavy atom. The molecule has 5 nitrogen and oxygen atoms in total. The van der Waals surface area contributed by atoms with Crippen LogP contribution >= 0.6 is 11.3 Å². The van der Waals surface area contributed by atoms with Gasteiger partial charge >= 0.3 is 0 Å². The van der Waals surface area contributed by atoms with Crippen LogP contribution in [0, 0.1) is 11.8 Å². The summed E-state index contributed by atoms with van der Waals surface area (Å²) in [7, 11) is 0. The second-order valence-corrected chi connectivity index (χ2v) is 8.01. The number of carbonyl (C=O) groups is 2. The standard InChI is InChI=1S/C18H23N3O2S/c22-17-15-3-1-2-4-16(15)18(23)21(17)13-20-8-6-19(7-9-20)11-14-5-10-24-12-14/h1-2,5,10,12,15-16H,3-4,6-9,11,13H2/p+2/t15-,16-/m1/s1. The molecule has 0 unspecified atom stereocenters. The van der Waals surface area contributed by atoms with Crippen molar-refractivity contribution in [3.8, 4) is 0 Å². The zero-order valence-corrected chi connectivity index (χ0v) is 14.7. The maximum absolute atomic E-state index is 12.6. The van der Waals surface area contributed by atoms with E-state index in [1.807, 2.05) is 0 Å². The molecule has 3 heterocycles. The average molecular weight is 347 g/mol. The number of likely N-dealkylation sites (tertiary alicyclic amines) is 1. The monoisotopic (exact) mass is 347 g/mol. The van der Waals surface area contributed by atoms with E-state index in [4.69, 9.17) is 0 Å². The smallest absolute Gasteiger partial charge is 0.237 e. The van der Waals surface area contributed by atoms with Crippen LogP contribution in [0.1, 0.15) is 18.4 Å². The predicted octanol–water partition coefficient (Wildman–Crippen LogP) is -1.06. The van der Waals surface area contributed by atoms with E-state index >= 15 is 0 Å². The van der Waals surface area contributed by atoms with Gasteiger partial charge in [-0.3, -0.25) is 9.59 Å². The summed E-state index contributed by atoms with van der Waals surface area (Å²) in [5, 5.41) is 4.36. The Balaban J connectivity index is 1.31. The number of nitrogens with one attached hydrogen (secondary N) is 2. The van der Waals surface area contributed by atoms with Gasteiger partial charge in [0.15, 0.2) is 6.67 Å². The number of thiophene rings is 1. The van der Waals surface area contributed by atoms with Crippen molar-refractivity contribution < 1.29 is 19.4 Å². The normalized spacial score (nSPS) is 33.1. The summed E-state index contributed by atoms with van der Waals surface area (Å²) < 4.78 is 0. The first-order valence-electron chi connectivity index (χ1n) is 8.91. The molecule has 1 aromatic rings. The van der Waals surface area contributed by atoms with Crippen molar-refractivity contribution >= 4 is 23.2 Å². The lowest BCUT2D eigenvalue weighted by Gasteiger charge is -2.31. The maximum atomic E-state index is 12.6. The SMILES string of the molecule is O=C1[C@@H]2CC=CC[C@H]2C(=O)N1C[NH+]1CC[NH+](Cc2ccsc2)CC1. The fraction of sp³-hybridized carbons (Fsp3) is 0.556. The van der Waals surface area contributed by atoms with Gasteiger partial charge in [-0.25, -0.2) is 4.90 Å². The summed E-state index contributed by atoms with van der Waals surface area (Å²) in [6, 6.07) is 2.20. The van der Waals surface area contributed by atoms with E-state index in [0.29, 0.717) is 6.67 Å². The number of quaternary nitrogens is 2. The predicted molar refractivity (Wildman–Crippen MR) is 91.5 cm³/mol. The van der Waals surface area contributed by atoms with Gasteiger partial charge in [-0.15, -0.1) is 0 Å². The van der Waals surface area contributed by atoms with Gasteiger partial charge < -0.3 is 9.80 Å². The van der Waals surface area contributed by atoms with Gasteiger partial charge in [0.2, 0.25) is 11.8 Å². The molecule has 24 heavy (non-hydrogen) atoms. The highest BCUT2D eigenvalue weighted by atomic mass is 32.1. The molecule has 2 N–H and O–H groups in total. The van der Waals surface area contributed by atoms with E-state index in [1.54, 1.807) is 21.1 Å². The van der Waals surface area contributed by atoms with Gasteiger partial charge in [0.1, 0.15) is 32.7 Å². The molecule has 4 rings (SSSR count). The van der Waals surface area contributed by atoms with E-state index < -0.39 is 0 Å². The van der Waals surface area contributed by atoms with Crippen molar-refractivity contribution in [1.29, 1.82) is 0 Å². The van der Waals surface area contributed by atoms with E-state index in [2.05, 4.69) is 29.0 Å². The van der Waals surface area contributed by atoms with Crippen LogP contribution in [0.5, 0.6) is 0 Å². The summed E-state index contributed by atoms with van der Waals surface area (Å²) in [6.45, 7) is 5.93. The average Bonchev–Trinajstić information content (AvgIpc) is 3.20. The number of fused-ring (bicyclic) bond motifs is 1. The van der Waals surface area contributed by atoms with Crippen LogP contribution in [0.4, 0.5) is 0 Å². The molecule has 2 fully saturated rings. The molecule has 0 aromatic carbocycles. The molecule has 2 amide bonds. The van der Waals surface area contributed by atoms with E-state index in [9.17, 15) is 9.59 Å². The molecule has 2 aliphatic heterocycles. The van der Waals surface area contributed by atoms with Gasteiger partial charge in [-0.2, -0.15) is 11.3 Å². The Bertz CT molecular complexity index is 609. The number of imide groups is 1. The summed E-state index contributed by atoms with van der Waals surface area (Å²) in [4.78, 5) is 29.6. The van der Waals surface area contributed by atoms with Crippen LogP contribution in [-0.2, 0) is 16.1 Å². The van der Waals surface area contributed by atoms with E-state index in [1.165, 1.54) is 10.5 Å². The van der Waals surface area contributed by atoms with Crippen LogP contribution in [0.15, 0.2) is 29.0 Å². The highest BCUT2D eigenvalue weighted by molar-refractivity contribution is 7.07. The number of rotatable bonds is 4. The van der Waals surface area contributed by atoms with Crippen molar-refractivity contribution in [2.75, 3.05) is 32.8 Å². The zero-order chi connectivity index (χ0) is 16.5. The van der Waals surface area contributed by atoms with Crippen LogP contribution in [-0.4, -0.2) is 49.6 Å². The van der Waals surface area contributed by atoms with Crippen LogP contribution < -0.4 is 9.80 Å². The topological polar surface area (TPSA) is 46.3 Å². The van der Waals surface area contributed by atoms with Crippen LogP contribution in [0.2, 0.25) is 0 Å². The third-order valence-electron chi connectivity index (χ3n) is 5.68. The quantitative estimate of drug-likeness (QED) is 0.539. The molecular weight excluding hydrogens is 322 g/mol. The third-order valence-corrected chi connectivity index (χ3v) is 6.41. The number of amides is 2. The first-order chi connectivity index (χ1) is 11.7. The second kappa shape index (κ2) is 6.78. The number of piperazine rings is 1. The lowest BCUT2D eigenvalue weighted by molar-refractivity contribution is -1.02. The van der Waals surface area contributed by atoms with Gasteiger partial charge in [-0.1, -0.05) is 12.2 Å². The van der Waals surface area contributed by atoms with Crippen molar-refractivity contribution in [3.63, 3.8) is 0 Å². The minimum absolute atomic E-state index is 0.0647. The molecule has 2 saturated heterocycles. The Labute approximate surface area is 146 Å². The van der Waals surface area contributed by atoms with E-state index in [-0.39, 0.29) is 23.7 Å². The highest BCUT2D eigenvalue weighted by Crippen LogP contribution is 2.34. The molecule has 0 saturated carbocycles. The molecule has 6 heteroatoms. The molecule has 0 radical (unpaired) electrons. The molecule has 2 atom stereocenters. The summed E-state index contributed by atoms with van der Waals surface area (Å²) in [6.07, 6.45) is 5.57. The first-order valence-corrected chi connectivity index (χ1v) is 9.85. The molecule has 0 bridgehead atoms. The summed E-state index contributed by atoms with van der Waals surface area (Å²) in [5.74, 6) is -0.0513. The highest BCUT2D eigenvalue weighted by Gasteiger charge is 2.48. The number of allylic oxidation sites excluding steroid dienone is 2. The number of carbonyl (C=O) groups excluding carboxylic acids is 2. The van der Waals surface area contributed by atoms with Crippen molar-refractivity contribution in [1.82, 2.24) is 4.90 Å². The second-order valence-electron chi connectivity index (χ2n) is 7.23. The van der Waals surface area contributed by atoms with Crippen molar-refractivity contribution in [3.05, 3.63) is 34.5 Å². The summed E-state index contributed by atoms with van der Waals surface area (Å²) in [5.41, 5.74) is 1.42. The first kappa shape index (κ1) is 16.0. The van der Waals surface area contributed by atoms with Crippen molar-refractivity contribution in [2.24, 2.45) is 11.8 Å². The number of nitrogens with zero attached hydrogens (tertiary/aromatic N) is 1. The van der Waals surface area contributed by atoms with Gasteiger partial charge in [-0.05, 0) is 29.7 Å². The Morgan fingerprint density at radius 3 is 2.21 bits per heavy atom. The Hall–Kier alpha value is -1.50. The zero-order valence-electron chi connectivity index (χ0n) is 13.9. The Kier molecular flexibility index (Phi) is 4.52.